The summed E-state index contributed by atoms with van der Waals surface area (Å²) in [5.74, 6) is -3.99. The minimum absolute atomic E-state index is 0.289. The van der Waals surface area contributed by atoms with Crippen molar-refractivity contribution in [1.82, 2.24) is 0 Å². The fourth-order valence-electron chi connectivity index (χ4n) is 2.31. The molecule has 0 unspecified atom stereocenters. The Morgan fingerprint density at radius 3 is 1.58 bits per heavy atom. The molecule has 26 heavy (non-hydrogen) atoms. The quantitative estimate of drug-likeness (QED) is 0.286. The number of benzene rings is 1. The van der Waals surface area contributed by atoms with Crippen LogP contribution in [0.2, 0.25) is 0 Å². The van der Waals surface area contributed by atoms with Crippen molar-refractivity contribution >= 4 is 11.9 Å². The molecule has 0 fully saturated rings. The zero-order valence-corrected chi connectivity index (χ0v) is 15.3. The van der Waals surface area contributed by atoms with E-state index >= 15 is 0 Å². The summed E-state index contributed by atoms with van der Waals surface area (Å²) in [7, 11) is 0. The lowest BCUT2D eigenvalue weighted by molar-refractivity contribution is -0.137. The normalized spacial score (nSPS) is 10.0. The number of carboxylic acids is 2. The summed E-state index contributed by atoms with van der Waals surface area (Å²) in [6.45, 7) is 2.23. The smallest absolute Gasteiger partial charge is 0.335 e. The molecule has 5 N–H and O–H groups in total. The Hall–Kier alpha value is -2.44. The Morgan fingerprint density at radius 2 is 1.19 bits per heavy atom. The number of rotatable bonds is 11. The van der Waals surface area contributed by atoms with Crippen molar-refractivity contribution < 1.29 is 35.1 Å². The highest BCUT2D eigenvalue weighted by Crippen LogP contribution is 2.35. The summed E-state index contributed by atoms with van der Waals surface area (Å²) in [6, 6.07) is 1.69. The molecular formula is C19H30O7. The lowest BCUT2D eigenvalue weighted by atomic mass is 10.1. The maximum Gasteiger partial charge on any atom is 0.335 e. The summed E-state index contributed by atoms with van der Waals surface area (Å²) in [6.07, 6.45) is 11.5. The molecule has 7 nitrogen and oxygen atoms in total. The van der Waals surface area contributed by atoms with Gasteiger partial charge in [0.1, 0.15) is 0 Å². The van der Waals surface area contributed by atoms with Crippen molar-refractivity contribution in [3.05, 3.63) is 17.7 Å². The third-order valence-electron chi connectivity index (χ3n) is 3.81. The lowest BCUT2D eigenvalue weighted by Crippen LogP contribution is -1.95. The second-order valence-electron chi connectivity index (χ2n) is 6.14. The monoisotopic (exact) mass is 370 g/mol. The first-order valence-corrected chi connectivity index (χ1v) is 8.99. The van der Waals surface area contributed by atoms with Gasteiger partial charge in [-0.05, 0) is 18.6 Å². The molecule has 0 aliphatic heterocycles. The van der Waals surface area contributed by atoms with E-state index in [4.69, 9.17) is 25.5 Å². The topological polar surface area (TPSA) is 135 Å². The number of aromatic hydroxyl groups is 3. The third-order valence-corrected chi connectivity index (χ3v) is 3.81. The molecular weight excluding hydrogens is 340 g/mol. The lowest BCUT2D eigenvalue weighted by Gasteiger charge is -2.01. The molecule has 0 radical (unpaired) electrons. The molecule has 148 valence electrons. The average molecular weight is 370 g/mol. The van der Waals surface area contributed by atoms with Crippen LogP contribution in [0.5, 0.6) is 17.2 Å². The van der Waals surface area contributed by atoms with Gasteiger partial charge in [0.2, 0.25) is 0 Å². The van der Waals surface area contributed by atoms with E-state index in [0.717, 1.165) is 25.0 Å². The summed E-state index contributed by atoms with van der Waals surface area (Å²) < 4.78 is 0. The van der Waals surface area contributed by atoms with Gasteiger partial charge in [0.25, 0.3) is 0 Å². The molecule has 0 heterocycles. The molecule has 0 saturated carbocycles. The fourth-order valence-corrected chi connectivity index (χ4v) is 2.31. The van der Waals surface area contributed by atoms with E-state index in [2.05, 4.69) is 6.92 Å². The number of unbranched alkanes of at least 4 members (excludes halogenated alkanes) is 8. The van der Waals surface area contributed by atoms with Gasteiger partial charge >= 0.3 is 11.9 Å². The molecule has 0 aliphatic carbocycles. The number of phenolic OH excluding ortho intramolecular Hbond substituents is 3. The van der Waals surface area contributed by atoms with Crippen LogP contribution in [0.15, 0.2) is 12.1 Å². The Labute approximate surface area is 153 Å². The van der Waals surface area contributed by atoms with Gasteiger partial charge in [0.05, 0.1) is 5.56 Å². The largest absolute Gasteiger partial charge is 0.504 e. The number of hydrogen-bond acceptors (Lipinski definition) is 5. The van der Waals surface area contributed by atoms with Crippen LogP contribution in [0, 0.1) is 0 Å². The Bertz CT molecular complexity index is 532. The van der Waals surface area contributed by atoms with E-state index in [9.17, 15) is 9.59 Å². The summed E-state index contributed by atoms with van der Waals surface area (Å²) in [4.78, 5) is 20.5. The first kappa shape index (κ1) is 23.6. The van der Waals surface area contributed by atoms with Crippen molar-refractivity contribution in [2.75, 3.05) is 0 Å². The minimum Gasteiger partial charge on any atom is -0.504 e. The zero-order valence-electron chi connectivity index (χ0n) is 15.3. The molecule has 0 atom stereocenters. The fraction of sp³-hybridized carbons (Fsp3) is 0.579. The van der Waals surface area contributed by atoms with Gasteiger partial charge in [0.15, 0.2) is 17.2 Å². The van der Waals surface area contributed by atoms with E-state index in [1.165, 1.54) is 44.9 Å². The van der Waals surface area contributed by atoms with Crippen molar-refractivity contribution in [1.29, 1.82) is 0 Å². The van der Waals surface area contributed by atoms with Gasteiger partial charge in [-0.15, -0.1) is 0 Å². The number of phenols is 3. The van der Waals surface area contributed by atoms with E-state index < -0.39 is 29.2 Å². The van der Waals surface area contributed by atoms with Gasteiger partial charge in [0, 0.05) is 6.42 Å². The van der Waals surface area contributed by atoms with E-state index in [1.807, 2.05) is 0 Å². The van der Waals surface area contributed by atoms with Gasteiger partial charge < -0.3 is 25.5 Å². The van der Waals surface area contributed by atoms with Gasteiger partial charge in [-0.1, -0.05) is 58.3 Å². The molecule has 0 bridgehead atoms. The van der Waals surface area contributed by atoms with Crippen molar-refractivity contribution in [2.45, 2.75) is 71.1 Å². The molecule has 0 aliphatic rings. The van der Waals surface area contributed by atoms with Crippen LogP contribution in [0.3, 0.4) is 0 Å². The molecule has 1 rings (SSSR count). The highest BCUT2D eigenvalue weighted by molar-refractivity contribution is 5.89. The number of hydrogen-bond donors (Lipinski definition) is 5. The molecule has 7 heteroatoms. The summed E-state index contributed by atoms with van der Waals surface area (Å²) in [5.41, 5.74) is -0.289. The third kappa shape index (κ3) is 11.2. The van der Waals surface area contributed by atoms with Gasteiger partial charge in [-0.2, -0.15) is 0 Å². The second-order valence-corrected chi connectivity index (χ2v) is 6.14. The predicted molar refractivity (Wildman–Crippen MR) is 97.9 cm³/mol. The number of carbonyl (C=O) groups is 2. The maximum atomic E-state index is 10.3. The van der Waals surface area contributed by atoms with Crippen LogP contribution >= 0.6 is 0 Å². The maximum absolute atomic E-state index is 10.3. The summed E-state index contributed by atoms with van der Waals surface area (Å²) >= 11 is 0. The molecule has 0 saturated heterocycles. The Kier molecular flexibility index (Phi) is 12.5. The molecule has 0 aromatic heterocycles. The zero-order chi connectivity index (χ0) is 19.9. The minimum atomic E-state index is -1.29. The predicted octanol–water partition coefficient (Wildman–Crippen LogP) is 4.49. The van der Waals surface area contributed by atoms with Gasteiger partial charge in [-0.25, -0.2) is 4.79 Å². The van der Waals surface area contributed by atoms with Crippen LogP contribution < -0.4 is 0 Å². The first-order chi connectivity index (χ1) is 12.3. The standard InChI is InChI=1S/C12H24O2.C7H6O5/c1-2-3-4-5-6-7-8-9-10-11-12(13)14;8-4-1-3(7(11)12)2-5(9)6(4)10/h2-11H2,1H3,(H,13,14);1-2,8-10H,(H,11,12). The first-order valence-electron chi connectivity index (χ1n) is 8.99. The molecule has 0 amide bonds. The average Bonchev–Trinajstić information content (AvgIpc) is 2.58. The van der Waals surface area contributed by atoms with E-state index in [1.54, 1.807) is 0 Å². The van der Waals surface area contributed by atoms with Crippen LogP contribution in [0.4, 0.5) is 0 Å². The second kappa shape index (κ2) is 13.8. The molecule has 1 aromatic carbocycles. The highest BCUT2D eigenvalue weighted by atomic mass is 16.4. The van der Waals surface area contributed by atoms with Crippen LogP contribution in [0.1, 0.15) is 81.5 Å². The van der Waals surface area contributed by atoms with Crippen LogP contribution in [-0.2, 0) is 4.79 Å². The Balaban J connectivity index is 0.000000485. The Morgan fingerprint density at radius 1 is 0.769 bits per heavy atom. The van der Waals surface area contributed by atoms with Crippen molar-refractivity contribution in [3.8, 4) is 17.2 Å². The number of carboxylic acid groups (broad SMARTS) is 2. The highest BCUT2D eigenvalue weighted by Gasteiger charge is 2.11. The van der Waals surface area contributed by atoms with Crippen LogP contribution in [0.25, 0.3) is 0 Å². The molecule has 0 spiro atoms. The molecule has 1 aromatic rings. The SMILES string of the molecule is CCCCCCCCCCCC(=O)O.O=C(O)c1cc(O)c(O)c(O)c1. The van der Waals surface area contributed by atoms with Crippen molar-refractivity contribution in [2.24, 2.45) is 0 Å². The van der Waals surface area contributed by atoms with Crippen molar-refractivity contribution in [3.63, 3.8) is 0 Å². The summed E-state index contributed by atoms with van der Waals surface area (Å²) in [5, 5.41) is 43.4. The van der Waals surface area contributed by atoms with Gasteiger partial charge in [-0.3, -0.25) is 4.79 Å². The van der Waals surface area contributed by atoms with E-state index in [-0.39, 0.29) is 5.56 Å². The number of aromatic carboxylic acids is 1. The van der Waals surface area contributed by atoms with E-state index in [0.29, 0.717) is 6.42 Å². The number of aliphatic carboxylic acids is 1. The van der Waals surface area contributed by atoms with Crippen LogP contribution in [-0.4, -0.2) is 37.5 Å².